The van der Waals surface area contributed by atoms with Gasteiger partial charge in [0, 0.05) is 19.6 Å². The van der Waals surface area contributed by atoms with Crippen LogP contribution in [-0.4, -0.2) is 48.3 Å². The Labute approximate surface area is 137 Å². The van der Waals surface area contributed by atoms with Gasteiger partial charge in [-0.1, -0.05) is 19.9 Å². The van der Waals surface area contributed by atoms with E-state index in [4.69, 9.17) is 15.2 Å². The smallest absolute Gasteiger partial charge is 0.252 e. The molecular formula is C17H26N2O4. The third kappa shape index (κ3) is 4.36. The predicted octanol–water partition coefficient (Wildman–Crippen LogP) is 1.15. The minimum atomic E-state index is -1.39. The van der Waals surface area contributed by atoms with E-state index in [-0.39, 0.29) is 13.1 Å². The van der Waals surface area contributed by atoms with Crippen LogP contribution in [0.5, 0.6) is 11.5 Å². The third-order valence-corrected chi connectivity index (χ3v) is 4.02. The van der Waals surface area contributed by atoms with Crippen molar-refractivity contribution in [2.45, 2.75) is 32.4 Å². The molecule has 6 nitrogen and oxygen atoms in total. The average molecular weight is 322 g/mol. The maximum absolute atomic E-state index is 11.1. The Hall–Kier alpha value is -1.79. The summed E-state index contributed by atoms with van der Waals surface area (Å²) >= 11 is 0. The van der Waals surface area contributed by atoms with Gasteiger partial charge in [0.25, 0.3) is 5.91 Å². The first-order valence-electron chi connectivity index (χ1n) is 7.88. The third-order valence-electron chi connectivity index (χ3n) is 4.02. The van der Waals surface area contributed by atoms with Gasteiger partial charge < -0.3 is 20.3 Å². The number of benzene rings is 1. The molecule has 1 amide bonds. The van der Waals surface area contributed by atoms with Crippen molar-refractivity contribution in [1.82, 2.24) is 4.90 Å². The summed E-state index contributed by atoms with van der Waals surface area (Å²) < 4.78 is 11.2. The summed E-state index contributed by atoms with van der Waals surface area (Å²) in [5.41, 5.74) is 4.83. The number of nitrogens with zero attached hydrogens (tertiary/aromatic N) is 1. The van der Waals surface area contributed by atoms with Crippen LogP contribution in [0.15, 0.2) is 18.2 Å². The maximum atomic E-state index is 11.1. The number of carbonyl (C=O) groups excluding carboxylic acids is 1. The van der Waals surface area contributed by atoms with Crippen LogP contribution in [0, 0.1) is 5.92 Å². The first-order chi connectivity index (χ1) is 10.8. The highest BCUT2D eigenvalue weighted by Gasteiger charge is 2.46. The lowest BCUT2D eigenvalue weighted by Gasteiger charge is -2.44. The van der Waals surface area contributed by atoms with Gasteiger partial charge in [0.15, 0.2) is 17.1 Å². The molecule has 23 heavy (non-hydrogen) atoms. The monoisotopic (exact) mass is 322 g/mol. The Kier molecular flexibility index (Phi) is 5.49. The van der Waals surface area contributed by atoms with E-state index in [1.54, 1.807) is 7.11 Å². The summed E-state index contributed by atoms with van der Waals surface area (Å²) in [7, 11) is 1.62. The molecule has 1 saturated heterocycles. The van der Waals surface area contributed by atoms with Gasteiger partial charge in [-0.25, -0.2) is 0 Å². The summed E-state index contributed by atoms with van der Waals surface area (Å²) in [6.07, 6.45) is 0.977. The molecule has 0 saturated carbocycles. The molecule has 6 heteroatoms. The zero-order valence-electron chi connectivity index (χ0n) is 14.0. The predicted molar refractivity (Wildman–Crippen MR) is 87.4 cm³/mol. The number of β-amino-alcohol motifs (C(OH)–C–C–N with tert-alkyl or cyclic N) is 1. The SMILES string of the molecule is COc1ccc(CN2CC(O)(C(N)=O)C2)cc1OCCC(C)C. The van der Waals surface area contributed by atoms with E-state index in [0.717, 1.165) is 17.7 Å². The Morgan fingerprint density at radius 3 is 2.65 bits per heavy atom. The van der Waals surface area contributed by atoms with Crippen LogP contribution in [0.25, 0.3) is 0 Å². The molecule has 1 heterocycles. The van der Waals surface area contributed by atoms with E-state index < -0.39 is 11.5 Å². The number of ether oxygens (including phenoxy) is 2. The topological polar surface area (TPSA) is 85.0 Å². The molecule has 128 valence electrons. The molecular weight excluding hydrogens is 296 g/mol. The molecule has 1 aliphatic heterocycles. The van der Waals surface area contributed by atoms with Gasteiger partial charge >= 0.3 is 0 Å². The largest absolute Gasteiger partial charge is 0.493 e. The molecule has 0 atom stereocenters. The Bertz CT molecular complexity index is 554. The summed E-state index contributed by atoms with van der Waals surface area (Å²) in [5, 5.41) is 9.88. The van der Waals surface area contributed by atoms with Crippen LogP contribution in [-0.2, 0) is 11.3 Å². The van der Waals surface area contributed by atoms with E-state index in [1.807, 2.05) is 23.1 Å². The molecule has 2 rings (SSSR count). The summed E-state index contributed by atoms with van der Waals surface area (Å²) in [4.78, 5) is 13.1. The van der Waals surface area contributed by atoms with E-state index in [9.17, 15) is 9.90 Å². The Morgan fingerprint density at radius 2 is 2.09 bits per heavy atom. The van der Waals surface area contributed by atoms with Gasteiger partial charge in [0.05, 0.1) is 13.7 Å². The van der Waals surface area contributed by atoms with Crippen molar-refractivity contribution in [2.24, 2.45) is 11.7 Å². The average Bonchev–Trinajstić information content (AvgIpc) is 2.45. The van der Waals surface area contributed by atoms with Crippen molar-refractivity contribution in [3.05, 3.63) is 23.8 Å². The number of aliphatic hydroxyl groups is 1. The normalized spacial score (nSPS) is 16.9. The molecule has 1 aromatic rings. The van der Waals surface area contributed by atoms with Crippen molar-refractivity contribution in [1.29, 1.82) is 0 Å². The van der Waals surface area contributed by atoms with Crippen LogP contribution in [0.3, 0.4) is 0 Å². The second-order valence-electron chi connectivity index (χ2n) is 6.56. The number of rotatable bonds is 8. The van der Waals surface area contributed by atoms with Crippen LogP contribution in [0.4, 0.5) is 0 Å². The van der Waals surface area contributed by atoms with E-state index in [1.165, 1.54) is 0 Å². The standard InChI is InChI=1S/C17H26N2O4/c1-12(2)6-7-23-15-8-13(4-5-14(15)22-3)9-19-10-17(21,11-19)16(18)20/h4-5,8,12,21H,6-7,9-11H2,1-3H3,(H2,18,20). The lowest BCUT2D eigenvalue weighted by atomic mass is 9.93. The fourth-order valence-electron chi connectivity index (χ4n) is 2.56. The van der Waals surface area contributed by atoms with Gasteiger partial charge in [0.2, 0.25) is 0 Å². The van der Waals surface area contributed by atoms with E-state index in [0.29, 0.717) is 24.8 Å². The van der Waals surface area contributed by atoms with Crippen molar-refractivity contribution in [3.63, 3.8) is 0 Å². The first-order valence-corrected chi connectivity index (χ1v) is 7.88. The number of carbonyl (C=O) groups is 1. The fraction of sp³-hybridized carbons (Fsp3) is 0.588. The highest BCUT2D eigenvalue weighted by Crippen LogP contribution is 2.30. The lowest BCUT2D eigenvalue weighted by Crippen LogP contribution is -2.67. The van der Waals surface area contributed by atoms with E-state index in [2.05, 4.69) is 13.8 Å². The molecule has 0 spiro atoms. The highest BCUT2D eigenvalue weighted by atomic mass is 16.5. The molecule has 0 unspecified atom stereocenters. The molecule has 1 aliphatic rings. The molecule has 0 aliphatic carbocycles. The quantitative estimate of drug-likeness (QED) is 0.750. The molecule has 3 N–H and O–H groups in total. The van der Waals surface area contributed by atoms with Gasteiger partial charge in [-0.05, 0) is 30.0 Å². The zero-order valence-corrected chi connectivity index (χ0v) is 14.0. The lowest BCUT2D eigenvalue weighted by molar-refractivity contribution is -0.156. The van der Waals surface area contributed by atoms with Gasteiger partial charge in [-0.2, -0.15) is 0 Å². The van der Waals surface area contributed by atoms with Crippen LogP contribution in [0.1, 0.15) is 25.8 Å². The summed E-state index contributed by atoms with van der Waals surface area (Å²) in [6.45, 7) is 6.10. The first kappa shape index (κ1) is 17.6. The second kappa shape index (κ2) is 7.19. The summed E-state index contributed by atoms with van der Waals surface area (Å²) in [6, 6.07) is 5.77. The molecule has 1 aromatic carbocycles. The minimum absolute atomic E-state index is 0.262. The molecule has 1 fully saturated rings. The number of amides is 1. The zero-order chi connectivity index (χ0) is 17.0. The van der Waals surface area contributed by atoms with Crippen molar-refractivity contribution in [3.8, 4) is 11.5 Å². The minimum Gasteiger partial charge on any atom is -0.493 e. The van der Waals surface area contributed by atoms with Crippen LogP contribution >= 0.6 is 0 Å². The maximum Gasteiger partial charge on any atom is 0.252 e. The highest BCUT2D eigenvalue weighted by molar-refractivity contribution is 5.84. The Balaban J connectivity index is 1.96. The van der Waals surface area contributed by atoms with Gasteiger partial charge in [-0.15, -0.1) is 0 Å². The van der Waals surface area contributed by atoms with Crippen molar-refractivity contribution < 1.29 is 19.4 Å². The van der Waals surface area contributed by atoms with E-state index >= 15 is 0 Å². The van der Waals surface area contributed by atoms with Gasteiger partial charge in [-0.3, -0.25) is 9.69 Å². The van der Waals surface area contributed by atoms with Crippen molar-refractivity contribution in [2.75, 3.05) is 26.8 Å². The number of nitrogens with two attached hydrogens (primary N) is 1. The summed E-state index contributed by atoms with van der Waals surface area (Å²) in [5.74, 6) is 1.34. The number of primary amides is 1. The fourth-order valence-corrected chi connectivity index (χ4v) is 2.56. The number of hydrogen-bond acceptors (Lipinski definition) is 5. The van der Waals surface area contributed by atoms with Gasteiger partial charge in [0.1, 0.15) is 0 Å². The number of methoxy groups -OCH3 is 1. The molecule has 0 aromatic heterocycles. The number of likely N-dealkylation sites (tertiary alicyclic amines) is 1. The molecule has 0 radical (unpaired) electrons. The van der Waals surface area contributed by atoms with Crippen LogP contribution < -0.4 is 15.2 Å². The molecule has 0 bridgehead atoms. The second-order valence-corrected chi connectivity index (χ2v) is 6.56. The van der Waals surface area contributed by atoms with Crippen LogP contribution in [0.2, 0.25) is 0 Å². The number of hydrogen-bond donors (Lipinski definition) is 2. The van der Waals surface area contributed by atoms with Crippen molar-refractivity contribution >= 4 is 5.91 Å². The Morgan fingerprint density at radius 1 is 1.39 bits per heavy atom.